The molecular weight excluding hydrogens is 398 g/mol. The Balaban J connectivity index is 1.52. The minimum absolute atomic E-state index is 0.411. The second-order valence-electron chi connectivity index (χ2n) is 8.32. The van der Waals surface area contributed by atoms with Crippen LogP contribution in [0.1, 0.15) is 32.2 Å². The Bertz CT molecular complexity index is 1200. The highest BCUT2D eigenvalue weighted by Crippen LogP contribution is 2.29. The van der Waals surface area contributed by atoms with Gasteiger partial charge in [0, 0.05) is 37.5 Å². The highest BCUT2D eigenvalue weighted by Gasteiger charge is 2.12. The van der Waals surface area contributed by atoms with Crippen LogP contribution in [-0.2, 0) is 13.7 Å². The molecule has 0 saturated heterocycles. The number of hydrogen-bond donors (Lipinski definition) is 0. The summed E-state index contributed by atoms with van der Waals surface area (Å²) in [4.78, 5) is 7.08. The molecular formula is C27H31N3O2. The third-order valence-electron chi connectivity index (χ3n) is 5.68. The Morgan fingerprint density at radius 2 is 1.66 bits per heavy atom. The zero-order valence-corrected chi connectivity index (χ0v) is 19.5. The first-order valence-corrected chi connectivity index (χ1v) is 11.1. The van der Waals surface area contributed by atoms with Gasteiger partial charge >= 0.3 is 0 Å². The maximum Gasteiger partial charge on any atom is 0.147 e. The largest absolute Gasteiger partial charge is 0.486 e. The minimum Gasteiger partial charge on any atom is -0.486 e. The zero-order chi connectivity index (χ0) is 22.7. The van der Waals surface area contributed by atoms with Crippen LogP contribution in [0.4, 0.5) is 5.69 Å². The molecule has 0 atom stereocenters. The van der Waals surface area contributed by atoms with Crippen molar-refractivity contribution in [1.29, 1.82) is 0 Å². The van der Waals surface area contributed by atoms with Gasteiger partial charge in [-0.3, -0.25) is 0 Å². The van der Waals surface area contributed by atoms with Gasteiger partial charge in [-0.25, -0.2) is 4.98 Å². The molecule has 0 aliphatic heterocycles. The summed E-state index contributed by atoms with van der Waals surface area (Å²) < 4.78 is 14.2. The van der Waals surface area contributed by atoms with E-state index in [9.17, 15) is 0 Å². The summed E-state index contributed by atoms with van der Waals surface area (Å²) in [6.45, 7) is 10.0. The average molecular weight is 430 g/mol. The summed E-state index contributed by atoms with van der Waals surface area (Å²) in [6.07, 6.45) is 0. The number of aryl methyl sites for hydroxylation is 2. The van der Waals surface area contributed by atoms with Gasteiger partial charge in [0.15, 0.2) is 0 Å². The summed E-state index contributed by atoms with van der Waals surface area (Å²) in [7, 11) is 2.01. The van der Waals surface area contributed by atoms with E-state index >= 15 is 0 Å². The van der Waals surface area contributed by atoms with E-state index in [2.05, 4.69) is 49.3 Å². The number of anilines is 1. The van der Waals surface area contributed by atoms with Crippen LogP contribution in [0.2, 0.25) is 0 Å². The fourth-order valence-corrected chi connectivity index (χ4v) is 3.90. The number of rotatable bonds is 8. The molecule has 0 bridgehead atoms. The molecule has 0 aliphatic carbocycles. The molecule has 1 heterocycles. The predicted octanol–water partition coefficient (Wildman–Crippen LogP) is 6.49. The van der Waals surface area contributed by atoms with Gasteiger partial charge in [-0.15, -0.1) is 0 Å². The lowest BCUT2D eigenvalue weighted by Crippen LogP contribution is -2.30. The van der Waals surface area contributed by atoms with Gasteiger partial charge in [-0.2, -0.15) is 0 Å². The fourth-order valence-electron chi connectivity index (χ4n) is 3.90. The molecule has 0 fully saturated rings. The molecule has 5 nitrogen and oxygen atoms in total. The van der Waals surface area contributed by atoms with Crippen molar-refractivity contribution in [1.82, 2.24) is 9.55 Å². The van der Waals surface area contributed by atoms with Crippen LogP contribution in [0.5, 0.6) is 17.2 Å². The lowest BCUT2D eigenvalue weighted by Gasteiger charge is -2.27. The third-order valence-corrected chi connectivity index (χ3v) is 5.68. The lowest BCUT2D eigenvalue weighted by atomic mass is 10.2. The van der Waals surface area contributed by atoms with Crippen molar-refractivity contribution in [3.63, 3.8) is 0 Å². The first-order chi connectivity index (χ1) is 15.4. The number of hydrogen-bond acceptors (Lipinski definition) is 4. The van der Waals surface area contributed by atoms with Crippen LogP contribution < -0.4 is 14.4 Å². The zero-order valence-electron chi connectivity index (χ0n) is 19.5. The summed E-state index contributed by atoms with van der Waals surface area (Å²) >= 11 is 0. The van der Waals surface area contributed by atoms with Crippen LogP contribution >= 0.6 is 0 Å². The van der Waals surface area contributed by atoms with Gasteiger partial charge < -0.3 is 18.9 Å². The molecule has 1 aromatic heterocycles. The van der Waals surface area contributed by atoms with Crippen LogP contribution in [-0.4, -0.2) is 22.1 Å². The summed E-state index contributed by atoms with van der Waals surface area (Å²) in [5.74, 6) is 3.33. The predicted molar refractivity (Wildman–Crippen MR) is 131 cm³/mol. The molecule has 3 aromatic carbocycles. The summed E-state index contributed by atoms with van der Waals surface area (Å²) in [5, 5.41) is 0. The van der Waals surface area contributed by atoms with Crippen LogP contribution in [0.15, 0.2) is 66.7 Å². The molecule has 0 N–H and O–H groups in total. The molecule has 5 heteroatoms. The lowest BCUT2D eigenvalue weighted by molar-refractivity contribution is 0.292. The van der Waals surface area contributed by atoms with Gasteiger partial charge in [0.05, 0.1) is 11.0 Å². The number of nitrogens with zero attached hydrogens (tertiary/aromatic N) is 3. The van der Waals surface area contributed by atoms with Gasteiger partial charge in [0.25, 0.3) is 0 Å². The molecule has 0 saturated carbocycles. The number of benzene rings is 3. The summed E-state index contributed by atoms with van der Waals surface area (Å²) in [5.41, 5.74) is 4.31. The number of aromatic nitrogens is 2. The van der Waals surface area contributed by atoms with Crippen molar-refractivity contribution in [2.75, 3.05) is 11.4 Å². The van der Waals surface area contributed by atoms with Crippen molar-refractivity contribution >= 4 is 16.7 Å². The van der Waals surface area contributed by atoms with Gasteiger partial charge in [-0.1, -0.05) is 23.8 Å². The first kappa shape index (κ1) is 21.8. The van der Waals surface area contributed by atoms with E-state index in [-0.39, 0.29) is 0 Å². The van der Waals surface area contributed by atoms with Crippen molar-refractivity contribution in [3.05, 3.63) is 78.1 Å². The monoisotopic (exact) mass is 429 g/mol. The smallest absolute Gasteiger partial charge is 0.147 e. The highest BCUT2D eigenvalue weighted by atomic mass is 16.5. The molecule has 0 unspecified atom stereocenters. The summed E-state index contributed by atoms with van der Waals surface area (Å²) in [6, 6.07) is 22.7. The van der Waals surface area contributed by atoms with E-state index < -0.39 is 0 Å². The molecule has 0 aliphatic rings. The van der Waals surface area contributed by atoms with Gasteiger partial charge in [0.1, 0.15) is 29.7 Å². The standard InChI is InChI=1S/C27H31N3O2/c1-6-30(19(2)3)21-8-7-9-23(16-21)32-24-14-15-25-26(17-24)29(5)27(28-25)18-31-22-12-10-20(4)11-13-22/h7-17,19H,6,18H2,1-5H3. The van der Waals surface area contributed by atoms with Crippen molar-refractivity contribution < 1.29 is 9.47 Å². The topological polar surface area (TPSA) is 39.5 Å². The Morgan fingerprint density at radius 1 is 0.938 bits per heavy atom. The van der Waals surface area contributed by atoms with Crippen LogP contribution in [0, 0.1) is 6.92 Å². The molecule has 0 radical (unpaired) electrons. The SMILES string of the molecule is CCN(c1cccc(Oc2ccc3nc(COc4ccc(C)cc4)n(C)c3c2)c1)C(C)C. The van der Waals surface area contributed by atoms with Gasteiger partial charge in [-0.05, 0) is 64.1 Å². The molecule has 4 rings (SSSR count). The number of fused-ring (bicyclic) bond motifs is 1. The highest BCUT2D eigenvalue weighted by molar-refractivity contribution is 5.78. The van der Waals surface area contributed by atoms with Gasteiger partial charge in [0.2, 0.25) is 0 Å². The van der Waals surface area contributed by atoms with Crippen LogP contribution in [0.25, 0.3) is 11.0 Å². The quantitative estimate of drug-likeness (QED) is 0.321. The van der Waals surface area contributed by atoms with E-state index in [1.165, 1.54) is 5.56 Å². The third kappa shape index (κ3) is 4.72. The second kappa shape index (κ2) is 9.35. The minimum atomic E-state index is 0.411. The Hall–Kier alpha value is -3.47. The van der Waals surface area contributed by atoms with Crippen LogP contribution in [0.3, 0.4) is 0 Å². The maximum absolute atomic E-state index is 6.21. The number of imidazole rings is 1. The molecule has 0 amide bonds. The normalized spacial score (nSPS) is 11.2. The first-order valence-electron chi connectivity index (χ1n) is 11.1. The van der Waals surface area contributed by atoms with Crippen molar-refractivity contribution in [2.45, 2.75) is 40.3 Å². The molecule has 4 aromatic rings. The number of ether oxygens (including phenoxy) is 2. The van der Waals surface area contributed by atoms with Crippen molar-refractivity contribution in [3.8, 4) is 17.2 Å². The van der Waals surface area contributed by atoms with Crippen molar-refractivity contribution in [2.24, 2.45) is 7.05 Å². The van der Waals surface area contributed by atoms with E-state index in [0.29, 0.717) is 12.6 Å². The Morgan fingerprint density at radius 3 is 2.38 bits per heavy atom. The Kier molecular flexibility index (Phi) is 6.35. The average Bonchev–Trinajstić information content (AvgIpc) is 3.09. The molecule has 0 spiro atoms. The maximum atomic E-state index is 6.21. The molecule has 166 valence electrons. The van der Waals surface area contributed by atoms with E-state index in [4.69, 9.17) is 14.5 Å². The Labute approximate surface area is 190 Å². The fraction of sp³-hybridized carbons (Fsp3) is 0.296. The van der Waals surface area contributed by atoms with E-state index in [0.717, 1.165) is 46.3 Å². The van der Waals surface area contributed by atoms with E-state index in [1.54, 1.807) is 0 Å². The van der Waals surface area contributed by atoms with E-state index in [1.807, 2.05) is 61.6 Å². The molecule has 32 heavy (non-hydrogen) atoms. The second-order valence-corrected chi connectivity index (χ2v) is 8.32.